The van der Waals surface area contributed by atoms with E-state index < -0.39 is 0 Å². The molecule has 1 unspecified atom stereocenters. The second-order valence-corrected chi connectivity index (χ2v) is 5.24. The minimum atomic E-state index is -0.280. The van der Waals surface area contributed by atoms with E-state index in [0.717, 1.165) is 23.4 Å². The molecule has 1 atom stereocenters. The Morgan fingerprint density at radius 2 is 2.12 bits per heavy atom. The fraction of sp³-hybridized carbons (Fsp3) is 0.467. The molecule has 0 aliphatic heterocycles. The monoisotopic (exact) mass is 250 g/mol. The zero-order valence-corrected chi connectivity index (χ0v) is 10.8. The van der Waals surface area contributed by atoms with Crippen molar-refractivity contribution in [1.82, 2.24) is 0 Å². The van der Waals surface area contributed by atoms with Gasteiger partial charge in [-0.15, -0.1) is 0 Å². The average molecular weight is 251 g/mol. The van der Waals surface area contributed by atoms with E-state index >= 15 is 0 Å². The lowest BCUT2D eigenvalue weighted by Gasteiger charge is -2.16. The molecule has 2 rings (SSSR count). The summed E-state index contributed by atoms with van der Waals surface area (Å²) in [6.45, 7) is 0. The zero-order valence-electron chi connectivity index (χ0n) is 10.0. The van der Waals surface area contributed by atoms with Crippen LogP contribution in [0.15, 0.2) is 35.9 Å². The van der Waals surface area contributed by atoms with Crippen molar-refractivity contribution in [2.24, 2.45) is 0 Å². The van der Waals surface area contributed by atoms with Crippen LogP contribution in [0.5, 0.6) is 0 Å². The quantitative estimate of drug-likeness (QED) is 0.797. The van der Waals surface area contributed by atoms with E-state index in [1.165, 1.54) is 24.8 Å². The van der Waals surface area contributed by atoms with Gasteiger partial charge < -0.3 is 5.11 Å². The molecular formula is C15H19ClO. The van der Waals surface area contributed by atoms with Crippen LogP contribution in [0.2, 0.25) is 5.02 Å². The molecule has 0 spiro atoms. The molecule has 0 saturated carbocycles. The highest BCUT2D eigenvalue weighted by atomic mass is 35.5. The third-order valence-corrected chi connectivity index (χ3v) is 3.48. The summed E-state index contributed by atoms with van der Waals surface area (Å²) in [6.07, 6.45) is 8.43. The number of aliphatic hydroxyl groups excluding tert-OH is 1. The Morgan fingerprint density at radius 1 is 1.24 bits per heavy atom. The van der Waals surface area contributed by atoms with Gasteiger partial charge in [-0.2, -0.15) is 0 Å². The van der Waals surface area contributed by atoms with Crippen molar-refractivity contribution in [1.29, 1.82) is 0 Å². The van der Waals surface area contributed by atoms with Gasteiger partial charge in [0.05, 0.1) is 6.10 Å². The molecular weight excluding hydrogens is 232 g/mol. The first-order valence-electron chi connectivity index (χ1n) is 6.34. The first-order chi connectivity index (χ1) is 8.24. The molecule has 0 bridgehead atoms. The molecule has 2 heteroatoms. The van der Waals surface area contributed by atoms with Crippen LogP contribution in [0.3, 0.4) is 0 Å². The normalized spacial score (nSPS) is 17.6. The fourth-order valence-electron chi connectivity index (χ4n) is 2.40. The highest BCUT2D eigenvalue weighted by Gasteiger charge is 2.11. The number of rotatable bonds is 4. The van der Waals surface area contributed by atoms with Crippen LogP contribution in [0.25, 0.3) is 0 Å². The van der Waals surface area contributed by atoms with Crippen LogP contribution in [-0.2, 0) is 6.42 Å². The van der Waals surface area contributed by atoms with E-state index in [-0.39, 0.29) is 6.10 Å². The average Bonchev–Trinajstić information content (AvgIpc) is 2.30. The maximum absolute atomic E-state index is 10.1. The lowest BCUT2D eigenvalue weighted by Crippen LogP contribution is -2.12. The van der Waals surface area contributed by atoms with Crippen molar-refractivity contribution < 1.29 is 5.11 Å². The maximum Gasteiger partial charge on any atom is 0.0617 e. The number of halogens is 1. The standard InChI is InChI=1S/C15H19ClO/c16-14-8-4-7-13(9-14)11-15(17)10-12-5-2-1-3-6-12/h4-5,7-9,15,17H,1-3,6,10-11H2. The Hall–Kier alpha value is -0.790. The van der Waals surface area contributed by atoms with Crippen LogP contribution in [0, 0.1) is 0 Å². The Morgan fingerprint density at radius 3 is 2.82 bits per heavy atom. The molecule has 1 aliphatic carbocycles. The summed E-state index contributed by atoms with van der Waals surface area (Å²) < 4.78 is 0. The Kier molecular flexibility index (Phi) is 4.64. The number of allylic oxidation sites excluding steroid dienone is 1. The molecule has 0 heterocycles. The van der Waals surface area contributed by atoms with Gasteiger partial charge in [-0.3, -0.25) is 0 Å². The summed E-state index contributed by atoms with van der Waals surface area (Å²) in [5.41, 5.74) is 2.53. The van der Waals surface area contributed by atoms with Crippen LogP contribution in [0.1, 0.15) is 37.7 Å². The number of aliphatic hydroxyl groups is 1. The first kappa shape index (κ1) is 12.7. The molecule has 0 saturated heterocycles. The third-order valence-electron chi connectivity index (χ3n) is 3.24. The minimum Gasteiger partial charge on any atom is -0.392 e. The van der Waals surface area contributed by atoms with E-state index in [1.54, 1.807) is 0 Å². The molecule has 1 N–H and O–H groups in total. The minimum absolute atomic E-state index is 0.280. The van der Waals surface area contributed by atoms with E-state index in [1.807, 2.05) is 24.3 Å². The van der Waals surface area contributed by atoms with Crippen molar-refractivity contribution in [2.45, 2.75) is 44.6 Å². The highest BCUT2D eigenvalue weighted by Crippen LogP contribution is 2.22. The first-order valence-corrected chi connectivity index (χ1v) is 6.72. The number of hydrogen-bond donors (Lipinski definition) is 1. The molecule has 1 nitrogen and oxygen atoms in total. The summed E-state index contributed by atoms with van der Waals surface area (Å²) >= 11 is 5.93. The van der Waals surface area contributed by atoms with Crippen molar-refractivity contribution in [3.8, 4) is 0 Å². The van der Waals surface area contributed by atoms with Gasteiger partial charge in [0.15, 0.2) is 0 Å². The molecule has 92 valence electrons. The summed E-state index contributed by atoms with van der Waals surface area (Å²) in [4.78, 5) is 0. The smallest absolute Gasteiger partial charge is 0.0617 e. The van der Waals surface area contributed by atoms with E-state index in [0.29, 0.717) is 6.42 Å². The third kappa shape index (κ3) is 4.18. The van der Waals surface area contributed by atoms with Gasteiger partial charge in [0.25, 0.3) is 0 Å². The summed E-state index contributed by atoms with van der Waals surface area (Å²) in [7, 11) is 0. The molecule has 17 heavy (non-hydrogen) atoms. The molecule has 1 aromatic carbocycles. The van der Waals surface area contributed by atoms with Gasteiger partial charge in [0.1, 0.15) is 0 Å². The van der Waals surface area contributed by atoms with Crippen LogP contribution >= 0.6 is 11.6 Å². The highest BCUT2D eigenvalue weighted by molar-refractivity contribution is 6.30. The molecule has 0 radical (unpaired) electrons. The fourth-order valence-corrected chi connectivity index (χ4v) is 2.61. The van der Waals surface area contributed by atoms with Gasteiger partial charge in [-0.1, -0.05) is 35.4 Å². The van der Waals surface area contributed by atoms with Gasteiger partial charge >= 0.3 is 0 Å². The summed E-state index contributed by atoms with van der Waals surface area (Å²) in [5.74, 6) is 0. The number of benzene rings is 1. The Balaban J connectivity index is 1.88. The lowest BCUT2D eigenvalue weighted by molar-refractivity contribution is 0.173. The van der Waals surface area contributed by atoms with Gasteiger partial charge in [0, 0.05) is 5.02 Å². The topological polar surface area (TPSA) is 20.2 Å². The van der Waals surface area contributed by atoms with Crippen molar-refractivity contribution >= 4 is 11.6 Å². The van der Waals surface area contributed by atoms with Gasteiger partial charge in [-0.05, 0) is 56.2 Å². The summed E-state index contributed by atoms with van der Waals surface area (Å²) in [6, 6.07) is 7.75. The second-order valence-electron chi connectivity index (χ2n) is 4.80. The molecule has 0 amide bonds. The van der Waals surface area contributed by atoms with Gasteiger partial charge in [0.2, 0.25) is 0 Å². The van der Waals surface area contributed by atoms with Crippen LogP contribution in [0.4, 0.5) is 0 Å². The van der Waals surface area contributed by atoms with Crippen molar-refractivity contribution in [3.63, 3.8) is 0 Å². The van der Waals surface area contributed by atoms with E-state index in [4.69, 9.17) is 11.6 Å². The Labute approximate surface area is 108 Å². The molecule has 0 fully saturated rings. The van der Waals surface area contributed by atoms with Crippen molar-refractivity contribution in [3.05, 3.63) is 46.5 Å². The van der Waals surface area contributed by atoms with Crippen LogP contribution < -0.4 is 0 Å². The number of hydrogen-bond acceptors (Lipinski definition) is 1. The largest absolute Gasteiger partial charge is 0.392 e. The van der Waals surface area contributed by atoms with Crippen molar-refractivity contribution in [2.75, 3.05) is 0 Å². The predicted octanol–water partition coefficient (Wildman–Crippen LogP) is 4.13. The maximum atomic E-state index is 10.1. The summed E-state index contributed by atoms with van der Waals surface area (Å²) in [5, 5.41) is 10.8. The zero-order chi connectivity index (χ0) is 12.1. The van der Waals surface area contributed by atoms with Gasteiger partial charge in [-0.25, -0.2) is 0 Å². The molecule has 1 aromatic rings. The molecule has 1 aliphatic rings. The Bertz CT molecular complexity index is 398. The SMILES string of the molecule is OC(CC1=CCCCC1)Cc1cccc(Cl)c1. The second kappa shape index (κ2) is 6.23. The van der Waals surface area contributed by atoms with Crippen LogP contribution in [-0.4, -0.2) is 11.2 Å². The molecule has 0 aromatic heterocycles. The lowest BCUT2D eigenvalue weighted by atomic mass is 9.93. The van der Waals surface area contributed by atoms with E-state index in [9.17, 15) is 5.11 Å². The van der Waals surface area contributed by atoms with E-state index in [2.05, 4.69) is 6.08 Å². The predicted molar refractivity (Wildman–Crippen MR) is 72.3 cm³/mol.